The predicted octanol–water partition coefficient (Wildman–Crippen LogP) is 2.79. The Bertz CT molecular complexity index is 818. The number of esters is 1. The molecule has 1 amide bonds. The van der Waals surface area contributed by atoms with Crippen molar-refractivity contribution in [3.8, 4) is 11.5 Å². The van der Waals surface area contributed by atoms with Gasteiger partial charge < -0.3 is 24.3 Å². The van der Waals surface area contributed by atoms with Crippen molar-refractivity contribution in [1.29, 1.82) is 0 Å². The molecule has 1 atom stereocenters. The van der Waals surface area contributed by atoms with Gasteiger partial charge >= 0.3 is 5.97 Å². The van der Waals surface area contributed by atoms with E-state index in [1.54, 1.807) is 49.6 Å². The molecule has 7 heteroatoms. The zero-order valence-electron chi connectivity index (χ0n) is 15.2. The summed E-state index contributed by atoms with van der Waals surface area (Å²) in [5.41, 5.74) is 1.85. The van der Waals surface area contributed by atoms with Gasteiger partial charge in [0.05, 0.1) is 12.2 Å². The zero-order chi connectivity index (χ0) is 19.2. The van der Waals surface area contributed by atoms with Gasteiger partial charge in [-0.3, -0.25) is 4.79 Å². The molecule has 2 aromatic carbocycles. The fourth-order valence-electron chi connectivity index (χ4n) is 2.55. The second kappa shape index (κ2) is 8.55. The van der Waals surface area contributed by atoms with Gasteiger partial charge in [0, 0.05) is 18.9 Å². The Morgan fingerprint density at radius 2 is 1.78 bits per heavy atom. The number of ether oxygens (including phenoxy) is 4. The van der Waals surface area contributed by atoms with E-state index in [-0.39, 0.29) is 0 Å². The standard InChI is InChI=1S/C20H21NO6/c1-13(27-20(23)15-5-3-14(4-6-15)12-24-2)19(22)21-16-7-8-17-18(11-16)26-10-9-25-17/h3-8,11,13H,9-10,12H2,1-2H3,(H,21,22)/t13-/m0/s1. The highest BCUT2D eigenvalue weighted by Crippen LogP contribution is 2.32. The van der Waals surface area contributed by atoms with Gasteiger partial charge in [-0.05, 0) is 36.8 Å². The van der Waals surface area contributed by atoms with Crippen LogP contribution in [0.5, 0.6) is 11.5 Å². The summed E-state index contributed by atoms with van der Waals surface area (Å²) < 4.78 is 21.2. The molecule has 1 N–H and O–H groups in total. The molecule has 0 spiro atoms. The van der Waals surface area contributed by atoms with Crippen molar-refractivity contribution < 1.29 is 28.5 Å². The highest BCUT2D eigenvalue weighted by atomic mass is 16.6. The van der Waals surface area contributed by atoms with Crippen LogP contribution in [0.25, 0.3) is 0 Å². The molecule has 0 radical (unpaired) electrons. The van der Waals surface area contributed by atoms with Crippen LogP contribution in [0.2, 0.25) is 0 Å². The van der Waals surface area contributed by atoms with Crippen LogP contribution >= 0.6 is 0 Å². The third kappa shape index (κ3) is 4.77. The quantitative estimate of drug-likeness (QED) is 0.786. The summed E-state index contributed by atoms with van der Waals surface area (Å²) in [7, 11) is 1.60. The number of carbonyl (C=O) groups excluding carboxylic acids is 2. The minimum atomic E-state index is -0.954. The van der Waals surface area contributed by atoms with Gasteiger partial charge in [0.15, 0.2) is 17.6 Å². The number of methoxy groups -OCH3 is 1. The molecule has 0 saturated carbocycles. The average Bonchev–Trinajstić information content (AvgIpc) is 2.68. The Labute approximate surface area is 157 Å². The molecule has 1 heterocycles. The smallest absolute Gasteiger partial charge is 0.338 e. The number of carbonyl (C=O) groups is 2. The minimum absolute atomic E-state index is 0.369. The number of anilines is 1. The molecule has 1 aliphatic rings. The number of hydrogen-bond donors (Lipinski definition) is 1. The lowest BCUT2D eigenvalue weighted by Gasteiger charge is -2.19. The van der Waals surface area contributed by atoms with Gasteiger partial charge in [-0.25, -0.2) is 4.79 Å². The SMILES string of the molecule is COCc1ccc(C(=O)O[C@@H](C)C(=O)Nc2ccc3c(c2)OCCO3)cc1. The van der Waals surface area contributed by atoms with Crippen molar-refractivity contribution >= 4 is 17.6 Å². The van der Waals surface area contributed by atoms with Crippen molar-refractivity contribution in [2.24, 2.45) is 0 Å². The van der Waals surface area contributed by atoms with Crippen LogP contribution in [-0.4, -0.2) is 38.3 Å². The Morgan fingerprint density at radius 1 is 1.07 bits per heavy atom. The van der Waals surface area contributed by atoms with Gasteiger partial charge in [-0.15, -0.1) is 0 Å². The van der Waals surface area contributed by atoms with Crippen LogP contribution in [0.15, 0.2) is 42.5 Å². The Hall–Kier alpha value is -3.06. The summed E-state index contributed by atoms with van der Waals surface area (Å²) in [5.74, 6) is 0.204. The molecular formula is C20H21NO6. The number of rotatable bonds is 6. The number of nitrogens with one attached hydrogen (secondary N) is 1. The fraction of sp³-hybridized carbons (Fsp3) is 0.300. The lowest BCUT2D eigenvalue weighted by molar-refractivity contribution is -0.123. The van der Waals surface area contributed by atoms with Gasteiger partial charge in [-0.2, -0.15) is 0 Å². The molecule has 0 fully saturated rings. The van der Waals surface area contributed by atoms with Gasteiger partial charge in [0.1, 0.15) is 13.2 Å². The van der Waals surface area contributed by atoms with Crippen molar-refractivity contribution in [2.75, 3.05) is 25.6 Å². The summed E-state index contributed by atoms with van der Waals surface area (Å²) >= 11 is 0. The van der Waals surface area contributed by atoms with Crippen LogP contribution in [0.4, 0.5) is 5.69 Å². The maximum Gasteiger partial charge on any atom is 0.338 e. The summed E-state index contributed by atoms with van der Waals surface area (Å²) in [6.45, 7) is 2.94. The summed E-state index contributed by atoms with van der Waals surface area (Å²) in [5, 5.41) is 2.71. The van der Waals surface area contributed by atoms with Gasteiger partial charge in [0.2, 0.25) is 0 Å². The maximum atomic E-state index is 12.3. The van der Waals surface area contributed by atoms with Crippen LogP contribution in [0.3, 0.4) is 0 Å². The lowest BCUT2D eigenvalue weighted by Crippen LogP contribution is -2.30. The summed E-state index contributed by atoms with van der Waals surface area (Å²) in [4.78, 5) is 24.5. The largest absolute Gasteiger partial charge is 0.486 e. The average molecular weight is 371 g/mol. The first-order chi connectivity index (χ1) is 13.1. The fourth-order valence-corrected chi connectivity index (χ4v) is 2.55. The number of amides is 1. The normalized spacial score (nSPS) is 13.6. The van der Waals surface area contributed by atoms with Gasteiger partial charge in [0.25, 0.3) is 5.91 Å². The van der Waals surface area contributed by atoms with E-state index < -0.39 is 18.0 Å². The molecule has 7 nitrogen and oxygen atoms in total. The van der Waals surface area contributed by atoms with Crippen LogP contribution in [0, 0.1) is 0 Å². The van der Waals surface area contributed by atoms with E-state index in [4.69, 9.17) is 18.9 Å². The first-order valence-corrected chi connectivity index (χ1v) is 8.56. The van der Waals surface area contributed by atoms with E-state index in [1.165, 1.54) is 6.92 Å². The second-order valence-corrected chi connectivity index (χ2v) is 6.03. The van der Waals surface area contributed by atoms with E-state index in [2.05, 4.69) is 5.32 Å². The third-order valence-electron chi connectivity index (χ3n) is 3.96. The Balaban J connectivity index is 1.57. The molecule has 0 aromatic heterocycles. The summed E-state index contributed by atoms with van der Waals surface area (Å²) in [6, 6.07) is 11.9. The summed E-state index contributed by atoms with van der Waals surface area (Å²) in [6.07, 6.45) is -0.954. The molecule has 142 valence electrons. The Morgan fingerprint density at radius 3 is 2.48 bits per heavy atom. The number of fused-ring (bicyclic) bond motifs is 1. The van der Waals surface area contributed by atoms with Crippen LogP contribution in [-0.2, 0) is 20.9 Å². The molecule has 0 saturated heterocycles. The number of benzene rings is 2. The lowest BCUT2D eigenvalue weighted by atomic mass is 10.1. The zero-order valence-corrected chi connectivity index (χ0v) is 15.2. The molecular weight excluding hydrogens is 350 g/mol. The first-order valence-electron chi connectivity index (χ1n) is 8.56. The predicted molar refractivity (Wildman–Crippen MR) is 98.1 cm³/mol. The highest BCUT2D eigenvalue weighted by molar-refractivity contribution is 5.97. The third-order valence-corrected chi connectivity index (χ3v) is 3.96. The molecule has 3 rings (SSSR count). The maximum absolute atomic E-state index is 12.3. The Kier molecular flexibility index (Phi) is 5.93. The molecule has 27 heavy (non-hydrogen) atoms. The minimum Gasteiger partial charge on any atom is -0.486 e. The van der Waals surface area contributed by atoms with E-state index in [0.717, 1.165) is 5.56 Å². The molecule has 0 bridgehead atoms. The second-order valence-electron chi connectivity index (χ2n) is 6.03. The first kappa shape index (κ1) is 18.7. The van der Waals surface area contributed by atoms with Crippen molar-refractivity contribution in [2.45, 2.75) is 19.6 Å². The van der Waals surface area contributed by atoms with E-state index >= 15 is 0 Å². The van der Waals surface area contributed by atoms with E-state index in [9.17, 15) is 9.59 Å². The van der Waals surface area contributed by atoms with Crippen molar-refractivity contribution in [3.05, 3.63) is 53.6 Å². The van der Waals surface area contributed by atoms with Gasteiger partial charge in [-0.1, -0.05) is 12.1 Å². The monoisotopic (exact) mass is 371 g/mol. The van der Waals surface area contributed by atoms with Crippen molar-refractivity contribution in [3.63, 3.8) is 0 Å². The molecule has 0 unspecified atom stereocenters. The topological polar surface area (TPSA) is 83.1 Å². The van der Waals surface area contributed by atoms with E-state index in [0.29, 0.717) is 42.6 Å². The van der Waals surface area contributed by atoms with Crippen LogP contribution < -0.4 is 14.8 Å². The van der Waals surface area contributed by atoms with Crippen molar-refractivity contribution in [1.82, 2.24) is 0 Å². The molecule has 1 aliphatic heterocycles. The molecule has 2 aromatic rings. The number of hydrogen-bond acceptors (Lipinski definition) is 6. The van der Waals surface area contributed by atoms with Crippen LogP contribution in [0.1, 0.15) is 22.8 Å². The van der Waals surface area contributed by atoms with E-state index in [1.807, 2.05) is 0 Å². The highest BCUT2D eigenvalue weighted by Gasteiger charge is 2.20. The molecule has 0 aliphatic carbocycles.